The normalized spacial score (nSPS) is 11.8. The van der Waals surface area contributed by atoms with E-state index in [0.29, 0.717) is 16.5 Å². The molecule has 0 aliphatic carbocycles. The number of ether oxygens (including phenoxy) is 1. The van der Waals surface area contributed by atoms with Gasteiger partial charge in [-0.3, -0.25) is 4.79 Å². The minimum atomic E-state index is -0.312. The highest BCUT2D eigenvalue weighted by molar-refractivity contribution is 8.02. The lowest BCUT2D eigenvalue weighted by Crippen LogP contribution is -2.22. The number of hydrogen-bond donors (Lipinski definition) is 1. The molecule has 4 nitrogen and oxygen atoms in total. The Bertz CT molecular complexity index is 900. The first kappa shape index (κ1) is 18.8. The van der Waals surface area contributed by atoms with Gasteiger partial charge in [0.15, 0.2) is 4.34 Å². The Balaban J connectivity index is 1.67. The summed E-state index contributed by atoms with van der Waals surface area (Å²) in [6.45, 7) is 1.85. The van der Waals surface area contributed by atoms with Crippen LogP contribution in [-0.2, 0) is 4.79 Å². The van der Waals surface area contributed by atoms with Crippen LogP contribution in [0, 0.1) is 0 Å². The molecule has 0 aliphatic heterocycles. The molecular formula is C19H17ClN2O2S2. The number of carbonyl (C=O) groups is 1. The number of thiazole rings is 1. The zero-order valence-corrected chi connectivity index (χ0v) is 16.6. The van der Waals surface area contributed by atoms with Crippen LogP contribution in [0.4, 0.5) is 5.69 Å². The summed E-state index contributed by atoms with van der Waals surface area (Å²) in [6.07, 6.45) is 0. The van der Waals surface area contributed by atoms with Gasteiger partial charge in [-0.1, -0.05) is 53.7 Å². The van der Waals surface area contributed by atoms with Gasteiger partial charge in [0.1, 0.15) is 5.75 Å². The number of aromatic nitrogens is 1. The lowest BCUT2D eigenvalue weighted by Gasteiger charge is -2.13. The van der Waals surface area contributed by atoms with Crippen LogP contribution in [0.5, 0.6) is 5.75 Å². The van der Waals surface area contributed by atoms with Crippen LogP contribution in [-0.4, -0.2) is 23.3 Å². The van der Waals surface area contributed by atoms with E-state index in [1.54, 1.807) is 25.3 Å². The maximum Gasteiger partial charge on any atom is 0.237 e. The van der Waals surface area contributed by atoms with Crippen molar-refractivity contribution < 1.29 is 9.53 Å². The van der Waals surface area contributed by atoms with Gasteiger partial charge in [0.2, 0.25) is 5.91 Å². The predicted octanol–water partition coefficient (Wildman–Crippen LogP) is 5.59. The number of nitrogens with one attached hydrogen (secondary N) is 1. The number of hydrogen-bond acceptors (Lipinski definition) is 5. The van der Waals surface area contributed by atoms with E-state index in [4.69, 9.17) is 16.3 Å². The van der Waals surface area contributed by atoms with E-state index in [0.717, 1.165) is 15.6 Å². The molecule has 7 heteroatoms. The van der Waals surface area contributed by atoms with Crippen LogP contribution >= 0.6 is 34.7 Å². The number of halogens is 1. The van der Waals surface area contributed by atoms with Crippen molar-refractivity contribution in [2.24, 2.45) is 0 Å². The molecule has 26 heavy (non-hydrogen) atoms. The Morgan fingerprint density at radius 1 is 1.27 bits per heavy atom. The monoisotopic (exact) mass is 404 g/mol. The molecule has 3 aromatic rings. The molecule has 0 bridgehead atoms. The van der Waals surface area contributed by atoms with E-state index in [-0.39, 0.29) is 11.2 Å². The Kier molecular flexibility index (Phi) is 6.19. The average molecular weight is 405 g/mol. The van der Waals surface area contributed by atoms with Crippen molar-refractivity contribution in [2.75, 3.05) is 12.4 Å². The molecule has 0 saturated heterocycles. The van der Waals surface area contributed by atoms with Crippen molar-refractivity contribution in [1.82, 2.24) is 4.98 Å². The zero-order chi connectivity index (χ0) is 18.5. The highest BCUT2D eigenvalue weighted by Crippen LogP contribution is 2.32. The summed E-state index contributed by atoms with van der Waals surface area (Å²) in [4.78, 5) is 17.1. The molecular weight excluding hydrogens is 388 g/mol. The Morgan fingerprint density at radius 2 is 2.04 bits per heavy atom. The van der Waals surface area contributed by atoms with E-state index in [2.05, 4.69) is 10.3 Å². The first-order valence-corrected chi connectivity index (χ1v) is 10.0. The molecule has 1 unspecified atom stereocenters. The number of carbonyl (C=O) groups excluding carboxylic acids is 1. The first-order chi connectivity index (χ1) is 12.6. The standard InChI is InChI=1S/C19H17ClN2O2S2/c1-12(18(23)21-15-10-14(20)8-9-17(15)24-2)26-19-22-16(11-25-19)13-6-4-3-5-7-13/h3-12H,1-2H3,(H,21,23). The Labute approximate surface area is 165 Å². The predicted molar refractivity (Wildman–Crippen MR) is 110 cm³/mol. The largest absolute Gasteiger partial charge is 0.495 e. The van der Waals surface area contributed by atoms with Crippen LogP contribution in [0.3, 0.4) is 0 Å². The van der Waals surface area contributed by atoms with E-state index < -0.39 is 0 Å². The van der Waals surface area contributed by atoms with Crippen molar-refractivity contribution in [3.8, 4) is 17.0 Å². The molecule has 1 N–H and O–H groups in total. The summed E-state index contributed by atoms with van der Waals surface area (Å²) in [6, 6.07) is 15.1. The third kappa shape index (κ3) is 4.58. The van der Waals surface area contributed by atoms with Gasteiger partial charge in [-0.25, -0.2) is 4.98 Å². The number of benzene rings is 2. The van der Waals surface area contributed by atoms with E-state index in [1.165, 1.54) is 23.1 Å². The minimum absolute atomic E-state index is 0.132. The second-order valence-corrected chi connectivity index (χ2v) is 8.34. The average Bonchev–Trinajstić information content (AvgIpc) is 3.11. The van der Waals surface area contributed by atoms with Crippen LogP contribution in [0.25, 0.3) is 11.3 Å². The molecule has 2 aromatic carbocycles. The second kappa shape index (κ2) is 8.58. The summed E-state index contributed by atoms with van der Waals surface area (Å²) >= 11 is 8.97. The van der Waals surface area contributed by atoms with Crippen LogP contribution < -0.4 is 10.1 Å². The maximum absolute atomic E-state index is 12.5. The fourth-order valence-corrected chi connectivity index (χ4v) is 4.41. The SMILES string of the molecule is COc1ccc(Cl)cc1NC(=O)C(C)Sc1nc(-c2ccccc2)cs1. The molecule has 1 atom stereocenters. The molecule has 0 saturated carbocycles. The second-order valence-electron chi connectivity index (χ2n) is 5.46. The van der Waals surface area contributed by atoms with Gasteiger partial charge in [0, 0.05) is 16.0 Å². The van der Waals surface area contributed by atoms with Crippen molar-refractivity contribution in [1.29, 1.82) is 0 Å². The molecule has 0 radical (unpaired) electrons. The number of nitrogens with zero attached hydrogens (tertiary/aromatic N) is 1. The quantitative estimate of drug-likeness (QED) is 0.544. The van der Waals surface area contributed by atoms with Crippen molar-refractivity contribution in [3.05, 3.63) is 58.9 Å². The zero-order valence-electron chi connectivity index (χ0n) is 14.2. The van der Waals surface area contributed by atoms with Gasteiger partial charge in [-0.2, -0.15) is 0 Å². The van der Waals surface area contributed by atoms with Gasteiger partial charge >= 0.3 is 0 Å². The summed E-state index contributed by atoms with van der Waals surface area (Å²) in [5, 5.41) is 5.10. The van der Waals surface area contributed by atoms with Crippen LogP contribution in [0.2, 0.25) is 5.02 Å². The summed E-state index contributed by atoms with van der Waals surface area (Å²) in [5.41, 5.74) is 2.54. The molecule has 0 spiro atoms. The van der Waals surface area contributed by atoms with Gasteiger partial charge in [0.25, 0.3) is 0 Å². The lowest BCUT2D eigenvalue weighted by atomic mass is 10.2. The molecule has 1 amide bonds. The highest BCUT2D eigenvalue weighted by Gasteiger charge is 2.18. The number of methoxy groups -OCH3 is 1. The summed E-state index contributed by atoms with van der Waals surface area (Å²) in [7, 11) is 1.55. The van der Waals surface area contributed by atoms with E-state index >= 15 is 0 Å². The molecule has 0 aliphatic rings. The van der Waals surface area contributed by atoms with Crippen molar-refractivity contribution in [2.45, 2.75) is 16.5 Å². The maximum atomic E-state index is 12.5. The van der Waals surface area contributed by atoms with Gasteiger partial charge < -0.3 is 10.1 Å². The molecule has 3 rings (SSSR count). The number of rotatable bonds is 6. The fourth-order valence-electron chi connectivity index (χ4n) is 2.27. The Morgan fingerprint density at radius 3 is 2.77 bits per heavy atom. The van der Waals surface area contributed by atoms with Crippen molar-refractivity contribution >= 4 is 46.3 Å². The summed E-state index contributed by atoms with van der Waals surface area (Å²) < 4.78 is 6.11. The molecule has 1 aromatic heterocycles. The van der Waals surface area contributed by atoms with Crippen LogP contribution in [0.1, 0.15) is 6.92 Å². The van der Waals surface area contributed by atoms with E-state index in [9.17, 15) is 4.79 Å². The van der Waals surface area contributed by atoms with Crippen molar-refractivity contribution in [3.63, 3.8) is 0 Å². The Hall–Kier alpha value is -2.02. The highest BCUT2D eigenvalue weighted by atomic mass is 35.5. The summed E-state index contributed by atoms with van der Waals surface area (Å²) in [5.74, 6) is 0.438. The first-order valence-electron chi connectivity index (χ1n) is 7.89. The topological polar surface area (TPSA) is 51.2 Å². The van der Waals surface area contributed by atoms with Gasteiger partial charge in [-0.15, -0.1) is 11.3 Å². The number of anilines is 1. The van der Waals surface area contributed by atoms with Gasteiger partial charge in [-0.05, 0) is 25.1 Å². The molecule has 134 valence electrons. The lowest BCUT2D eigenvalue weighted by molar-refractivity contribution is -0.115. The minimum Gasteiger partial charge on any atom is -0.495 e. The number of thioether (sulfide) groups is 1. The number of amides is 1. The third-order valence-corrected chi connectivity index (χ3v) is 5.93. The van der Waals surface area contributed by atoms with Gasteiger partial charge in [0.05, 0.1) is 23.7 Å². The third-order valence-electron chi connectivity index (χ3n) is 3.62. The fraction of sp³-hybridized carbons (Fsp3) is 0.158. The van der Waals surface area contributed by atoms with Crippen LogP contribution in [0.15, 0.2) is 58.3 Å². The van der Waals surface area contributed by atoms with E-state index in [1.807, 2.05) is 42.6 Å². The molecule has 0 fully saturated rings. The smallest absolute Gasteiger partial charge is 0.237 e. The molecule has 1 heterocycles.